The lowest BCUT2D eigenvalue weighted by Gasteiger charge is -2.22. The van der Waals surface area contributed by atoms with Crippen LogP contribution in [0.3, 0.4) is 0 Å². The first kappa shape index (κ1) is 17.6. The van der Waals surface area contributed by atoms with Crippen LogP contribution in [-0.4, -0.2) is 0 Å². The molecule has 0 radical (unpaired) electrons. The van der Waals surface area contributed by atoms with Crippen molar-refractivity contribution in [1.29, 1.82) is 0 Å². The van der Waals surface area contributed by atoms with Crippen molar-refractivity contribution in [3.05, 3.63) is 71.2 Å². The van der Waals surface area contributed by atoms with E-state index < -0.39 is 11.7 Å². The molecule has 0 saturated heterocycles. The van der Waals surface area contributed by atoms with Gasteiger partial charge in [0.25, 0.3) is 0 Å². The molecule has 0 atom stereocenters. The molecule has 0 spiro atoms. The van der Waals surface area contributed by atoms with Gasteiger partial charge in [0.2, 0.25) is 0 Å². The summed E-state index contributed by atoms with van der Waals surface area (Å²) in [6.07, 6.45) is 17.5. The number of halogens is 3. The van der Waals surface area contributed by atoms with E-state index in [-0.39, 0.29) is 0 Å². The van der Waals surface area contributed by atoms with Crippen LogP contribution in [0.2, 0.25) is 0 Å². The summed E-state index contributed by atoms with van der Waals surface area (Å²) in [5.74, 6) is -1.30. The highest BCUT2D eigenvalue weighted by atomic mass is 19.2. The van der Waals surface area contributed by atoms with Crippen LogP contribution in [0.1, 0.15) is 45.4 Å². The molecule has 2 aliphatic rings. The van der Waals surface area contributed by atoms with Crippen molar-refractivity contribution in [3.8, 4) is 0 Å². The molecule has 0 nitrogen and oxygen atoms in total. The van der Waals surface area contributed by atoms with E-state index in [1.54, 1.807) is 0 Å². The van der Waals surface area contributed by atoms with Crippen LogP contribution >= 0.6 is 0 Å². The van der Waals surface area contributed by atoms with Crippen molar-refractivity contribution in [3.63, 3.8) is 0 Å². The van der Waals surface area contributed by atoms with E-state index in [4.69, 9.17) is 0 Å². The number of rotatable bonds is 4. The lowest BCUT2D eigenvalue weighted by atomic mass is 9.83. The summed E-state index contributed by atoms with van der Waals surface area (Å²) in [6, 6.07) is 0. The summed E-state index contributed by atoms with van der Waals surface area (Å²) in [6.45, 7) is 1.04. The smallest absolute Gasteiger partial charge is 0.154 e. The Morgan fingerprint density at radius 3 is 2.48 bits per heavy atom. The number of allylic oxidation sites excluding steroid dienone is 11. The first-order chi connectivity index (χ1) is 11.1. The molecule has 0 aromatic heterocycles. The van der Waals surface area contributed by atoms with Crippen molar-refractivity contribution >= 4 is 0 Å². The minimum atomic E-state index is -0.975. The Balaban J connectivity index is 2.20. The third kappa shape index (κ3) is 5.12. The third-order valence-electron chi connectivity index (χ3n) is 4.41. The summed E-state index contributed by atoms with van der Waals surface area (Å²) in [5.41, 5.74) is 2.34. The largest absolute Gasteiger partial charge is 0.216 e. The Bertz CT molecular complexity index is 590. The standard InChI is InChI=1S/C20H23F3/c1-15(22)20(23)14-19(12-13-21)18-9-5-8-17(10-11-18)16-6-3-2-4-7-16/h8-14,16H,2-7H2,1H3/b13-12+,19-14+,20-15-. The lowest BCUT2D eigenvalue weighted by molar-refractivity contribution is 0.408. The van der Waals surface area contributed by atoms with Gasteiger partial charge >= 0.3 is 0 Å². The van der Waals surface area contributed by atoms with Crippen LogP contribution in [0.4, 0.5) is 13.2 Å². The van der Waals surface area contributed by atoms with Gasteiger partial charge in [0.15, 0.2) is 5.83 Å². The van der Waals surface area contributed by atoms with E-state index in [2.05, 4.69) is 6.08 Å². The van der Waals surface area contributed by atoms with Gasteiger partial charge in [-0.05, 0) is 61.0 Å². The molecule has 23 heavy (non-hydrogen) atoms. The van der Waals surface area contributed by atoms with Crippen molar-refractivity contribution in [2.45, 2.75) is 45.4 Å². The zero-order chi connectivity index (χ0) is 16.7. The topological polar surface area (TPSA) is 0 Å². The molecule has 0 aliphatic heterocycles. The molecule has 0 bridgehead atoms. The molecule has 0 unspecified atom stereocenters. The Morgan fingerprint density at radius 2 is 1.83 bits per heavy atom. The van der Waals surface area contributed by atoms with Crippen LogP contribution in [0.5, 0.6) is 0 Å². The maximum Gasteiger partial charge on any atom is 0.154 e. The monoisotopic (exact) mass is 320 g/mol. The van der Waals surface area contributed by atoms with E-state index in [9.17, 15) is 13.2 Å². The van der Waals surface area contributed by atoms with Crippen LogP contribution in [-0.2, 0) is 0 Å². The molecule has 2 rings (SSSR count). The van der Waals surface area contributed by atoms with Gasteiger partial charge in [-0.2, -0.15) is 0 Å². The molecular weight excluding hydrogens is 297 g/mol. The second-order valence-corrected chi connectivity index (χ2v) is 6.04. The maximum absolute atomic E-state index is 13.5. The molecule has 124 valence electrons. The van der Waals surface area contributed by atoms with Crippen LogP contribution < -0.4 is 0 Å². The highest BCUT2D eigenvalue weighted by molar-refractivity contribution is 5.51. The van der Waals surface area contributed by atoms with Crippen LogP contribution in [0.25, 0.3) is 0 Å². The summed E-state index contributed by atoms with van der Waals surface area (Å²) < 4.78 is 39.1. The van der Waals surface area contributed by atoms with Gasteiger partial charge in [-0.3, -0.25) is 0 Å². The van der Waals surface area contributed by atoms with E-state index in [1.807, 2.05) is 18.2 Å². The molecule has 0 heterocycles. The Morgan fingerprint density at radius 1 is 1.09 bits per heavy atom. The zero-order valence-electron chi connectivity index (χ0n) is 13.5. The zero-order valence-corrected chi connectivity index (χ0v) is 13.5. The number of hydrogen-bond donors (Lipinski definition) is 0. The third-order valence-corrected chi connectivity index (χ3v) is 4.41. The first-order valence-corrected chi connectivity index (χ1v) is 8.21. The predicted molar refractivity (Wildman–Crippen MR) is 89.7 cm³/mol. The van der Waals surface area contributed by atoms with Gasteiger partial charge in [-0.15, -0.1) is 0 Å². The molecule has 3 heteroatoms. The molecule has 0 aromatic rings. The number of hydrogen-bond acceptors (Lipinski definition) is 0. The molecular formula is C20H23F3. The Kier molecular flexibility index (Phi) is 6.69. The minimum Gasteiger partial charge on any atom is -0.216 e. The average Bonchev–Trinajstić information content (AvgIpc) is 2.81. The van der Waals surface area contributed by atoms with E-state index in [0.29, 0.717) is 29.8 Å². The SMILES string of the molecule is C\C(F)=C(F)/C=C(\C=C\F)C1=CCC=C(C2CCCCC2)C=C1. The Hall–Kier alpha value is -1.77. The van der Waals surface area contributed by atoms with E-state index in [1.165, 1.54) is 37.7 Å². The van der Waals surface area contributed by atoms with Gasteiger partial charge in [-0.25, -0.2) is 13.2 Å². The van der Waals surface area contributed by atoms with Crippen molar-refractivity contribution < 1.29 is 13.2 Å². The molecule has 1 saturated carbocycles. The fraction of sp³-hybridized carbons (Fsp3) is 0.400. The van der Waals surface area contributed by atoms with Gasteiger partial charge < -0.3 is 0 Å². The van der Waals surface area contributed by atoms with Crippen molar-refractivity contribution in [2.24, 2.45) is 5.92 Å². The summed E-state index contributed by atoms with van der Waals surface area (Å²) in [5, 5.41) is 0. The summed E-state index contributed by atoms with van der Waals surface area (Å²) in [4.78, 5) is 0. The molecule has 0 N–H and O–H groups in total. The summed E-state index contributed by atoms with van der Waals surface area (Å²) in [7, 11) is 0. The van der Waals surface area contributed by atoms with Gasteiger partial charge in [0, 0.05) is 0 Å². The fourth-order valence-electron chi connectivity index (χ4n) is 3.13. The maximum atomic E-state index is 13.5. The van der Waals surface area contributed by atoms with Crippen LogP contribution in [0.15, 0.2) is 71.2 Å². The van der Waals surface area contributed by atoms with Gasteiger partial charge in [0.1, 0.15) is 5.83 Å². The van der Waals surface area contributed by atoms with Crippen molar-refractivity contribution in [1.82, 2.24) is 0 Å². The Labute approximate surface area is 136 Å². The quantitative estimate of drug-likeness (QED) is 0.491. The van der Waals surface area contributed by atoms with Crippen LogP contribution in [0, 0.1) is 5.92 Å². The molecule has 1 fully saturated rings. The normalized spacial score (nSPS) is 21.8. The van der Waals surface area contributed by atoms with Gasteiger partial charge in [0.05, 0.1) is 6.33 Å². The highest BCUT2D eigenvalue weighted by Gasteiger charge is 2.17. The van der Waals surface area contributed by atoms with E-state index >= 15 is 0 Å². The van der Waals surface area contributed by atoms with Crippen molar-refractivity contribution in [2.75, 3.05) is 0 Å². The first-order valence-electron chi connectivity index (χ1n) is 8.21. The molecule has 0 amide bonds. The lowest BCUT2D eigenvalue weighted by Crippen LogP contribution is -2.07. The molecule has 2 aliphatic carbocycles. The highest BCUT2D eigenvalue weighted by Crippen LogP contribution is 2.32. The fourth-order valence-corrected chi connectivity index (χ4v) is 3.13. The molecule has 0 aromatic carbocycles. The second kappa shape index (κ2) is 8.76. The average molecular weight is 320 g/mol. The summed E-state index contributed by atoms with van der Waals surface area (Å²) >= 11 is 0. The van der Waals surface area contributed by atoms with E-state index in [0.717, 1.165) is 19.1 Å². The van der Waals surface area contributed by atoms with Gasteiger partial charge in [-0.1, -0.05) is 43.6 Å². The minimum absolute atomic E-state index is 0.330. The predicted octanol–water partition coefficient (Wildman–Crippen LogP) is 6.96. The second-order valence-electron chi connectivity index (χ2n) is 6.04.